The number of nitrogens with one attached hydrogen (secondary N) is 5. The number of hydrogen-bond acceptors (Lipinski definition) is 9. The number of aliphatic carboxylic acids is 1. The van der Waals surface area contributed by atoms with E-state index >= 15 is 0 Å². The number of phenols is 1. The van der Waals surface area contributed by atoms with Crippen molar-refractivity contribution in [1.29, 1.82) is 0 Å². The number of nitrogens with two attached hydrogens (primary N) is 2. The van der Waals surface area contributed by atoms with Crippen molar-refractivity contribution in [2.24, 2.45) is 17.4 Å². The van der Waals surface area contributed by atoms with Crippen LogP contribution in [0.2, 0.25) is 0 Å². The van der Waals surface area contributed by atoms with Crippen LogP contribution in [0.25, 0.3) is 0 Å². The lowest BCUT2D eigenvalue weighted by Crippen LogP contribution is -2.57. The van der Waals surface area contributed by atoms with E-state index < -0.39 is 72.3 Å². The number of benzene rings is 2. The van der Waals surface area contributed by atoms with Crippen molar-refractivity contribution in [3.05, 3.63) is 65.7 Å². The summed E-state index contributed by atoms with van der Waals surface area (Å²) >= 11 is 0. The Morgan fingerprint density at radius 2 is 1.30 bits per heavy atom. The summed E-state index contributed by atoms with van der Waals surface area (Å²) in [6.07, 6.45) is 1.70. The second kappa shape index (κ2) is 21.1. The third kappa shape index (κ3) is 15.0. The Labute approximate surface area is 292 Å². The van der Waals surface area contributed by atoms with E-state index in [9.17, 15) is 39.0 Å². The van der Waals surface area contributed by atoms with E-state index in [-0.39, 0.29) is 37.4 Å². The molecule has 5 amide bonds. The topological polar surface area (TPSA) is 255 Å². The zero-order chi connectivity index (χ0) is 37.2. The maximum absolute atomic E-state index is 13.6. The summed E-state index contributed by atoms with van der Waals surface area (Å²) in [6.45, 7) is 4.99. The molecule has 0 aliphatic carbocycles. The molecule has 0 aliphatic heterocycles. The van der Waals surface area contributed by atoms with Crippen molar-refractivity contribution >= 4 is 35.5 Å². The van der Waals surface area contributed by atoms with E-state index in [1.54, 1.807) is 42.5 Å². The number of rotatable bonds is 21. The zero-order valence-corrected chi connectivity index (χ0v) is 28.8. The first-order valence-corrected chi connectivity index (χ1v) is 16.7. The Morgan fingerprint density at radius 3 is 1.90 bits per heavy atom. The molecule has 50 heavy (non-hydrogen) atoms. The van der Waals surface area contributed by atoms with Crippen molar-refractivity contribution in [2.75, 3.05) is 13.1 Å². The van der Waals surface area contributed by atoms with E-state index in [0.29, 0.717) is 30.5 Å². The lowest BCUT2D eigenvalue weighted by atomic mass is 10.0. The second-order valence-electron chi connectivity index (χ2n) is 12.6. The van der Waals surface area contributed by atoms with E-state index in [2.05, 4.69) is 26.6 Å². The number of hydrogen-bond donors (Lipinski definition) is 9. The van der Waals surface area contributed by atoms with Gasteiger partial charge in [0.05, 0.1) is 12.6 Å². The standard InChI is InChI=1S/C35H51N7O8/c1-21(2)17-28(33(47)41-27(35(49)50)11-7-8-16-36)42-34(48)29(19-23-9-5-4-6-10-23)40-30(44)20-38-31(45)22(3)39-32(46)26(37)18-24-12-14-25(43)15-13-24/h4-6,9-10,12-15,21-22,26-29,43H,7-8,11,16-20,36-37H2,1-3H3,(H,38,45)(H,39,46)(H,40,44)(H,41,47)(H,42,48)(H,49,50)/t22-,26+,27+,28+,29+/m1/s1. The van der Waals surface area contributed by atoms with Crippen molar-refractivity contribution in [2.45, 2.75) is 89.5 Å². The van der Waals surface area contributed by atoms with Gasteiger partial charge in [0.2, 0.25) is 29.5 Å². The molecule has 0 saturated carbocycles. The van der Waals surface area contributed by atoms with Gasteiger partial charge in [-0.3, -0.25) is 24.0 Å². The SMILES string of the molecule is CC(C)C[C@H](NC(=O)[C@H](Cc1ccccc1)NC(=O)CNC(=O)[C@@H](C)NC(=O)[C@@H](N)Cc1ccc(O)cc1)C(=O)N[C@@H](CCCCN)C(=O)O. The Hall–Kier alpha value is -5.02. The molecule has 0 unspecified atom stereocenters. The van der Waals surface area contributed by atoms with Gasteiger partial charge in [-0.15, -0.1) is 0 Å². The summed E-state index contributed by atoms with van der Waals surface area (Å²) in [5, 5.41) is 31.8. The van der Waals surface area contributed by atoms with Crippen LogP contribution in [0.5, 0.6) is 5.75 Å². The first-order chi connectivity index (χ1) is 23.7. The summed E-state index contributed by atoms with van der Waals surface area (Å²) in [5.41, 5.74) is 12.9. The molecule has 0 saturated heterocycles. The van der Waals surface area contributed by atoms with Crippen molar-refractivity contribution < 1.29 is 39.0 Å². The van der Waals surface area contributed by atoms with Gasteiger partial charge in [-0.05, 0) is 74.8 Å². The molecule has 15 heteroatoms. The van der Waals surface area contributed by atoms with Crippen molar-refractivity contribution in [3.63, 3.8) is 0 Å². The van der Waals surface area contributed by atoms with Crippen LogP contribution in [0.4, 0.5) is 0 Å². The molecule has 0 fully saturated rings. The van der Waals surface area contributed by atoms with Gasteiger partial charge in [0.25, 0.3) is 0 Å². The van der Waals surface area contributed by atoms with Gasteiger partial charge in [0.1, 0.15) is 29.9 Å². The average Bonchev–Trinajstić information content (AvgIpc) is 3.07. The third-order valence-corrected chi connectivity index (χ3v) is 7.74. The molecule has 15 nitrogen and oxygen atoms in total. The van der Waals surface area contributed by atoms with Gasteiger partial charge < -0.3 is 48.3 Å². The highest BCUT2D eigenvalue weighted by molar-refractivity contribution is 5.95. The Kier molecular flexibility index (Phi) is 17.4. The molecular weight excluding hydrogens is 646 g/mol. The highest BCUT2D eigenvalue weighted by atomic mass is 16.4. The predicted molar refractivity (Wildman–Crippen MR) is 186 cm³/mol. The monoisotopic (exact) mass is 697 g/mol. The summed E-state index contributed by atoms with van der Waals surface area (Å²) in [5.74, 6) is -4.46. The number of carboxylic acid groups (broad SMARTS) is 1. The maximum Gasteiger partial charge on any atom is 0.326 e. The number of unbranched alkanes of at least 4 members (excludes halogenated alkanes) is 1. The smallest absolute Gasteiger partial charge is 0.326 e. The number of carboxylic acids is 1. The van der Waals surface area contributed by atoms with Crippen LogP contribution in [-0.4, -0.2) is 89.0 Å². The van der Waals surface area contributed by atoms with Gasteiger partial charge in [0.15, 0.2) is 0 Å². The fraction of sp³-hybridized carbons (Fsp3) is 0.486. The Bertz CT molecular complexity index is 1420. The minimum atomic E-state index is -1.20. The highest BCUT2D eigenvalue weighted by Gasteiger charge is 2.30. The first kappa shape index (κ1) is 41.2. The first-order valence-electron chi connectivity index (χ1n) is 16.7. The van der Waals surface area contributed by atoms with E-state index in [1.165, 1.54) is 19.1 Å². The molecule has 0 aliphatic rings. The van der Waals surface area contributed by atoms with Crippen LogP contribution in [0.1, 0.15) is 57.6 Å². The summed E-state index contributed by atoms with van der Waals surface area (Å²) in [4.78, 5) is 76.9. The maximum atomic E-state index is 13.6. The predicted octanol–water partition coefficient (Wildman–Crippen LogP) is -0.160. The van der Waals surface area contributed by atoms with Crippen LogP contribution >= 0.6 is 0 Å². The van der Waals surface area contributed by atoms with E-state index in [4.69, 9.17) is 11.5 Å². The Morgan fingerprint density at radius 1 is 0.700 bits per heavy atom. The lowest BCUT2D eigenvalue weighted by molar-refractivity contribution is -0.142. The van der Waals surface area contributed by atoms with Crippen LogP contribution in [0.15, 0.2) is 54.6 Å². The van der Waals surface area contributed by atoms with Gasteiger partial charge in [0, 0.05) is 6.42 Å². The molecule has 0 radical (unpaired) electrons. The van der Waals surface area contributed by atoms with E-state index in [1.807, 2.05) is 13.8 Å². The summed E-state index contributed by atoms with van der Waals surface area (Å²) in [7, 11) is 0. The fourth-order valence-electron chi connectivity index (χ4n) is 4.99. The quantitative estimate of drug-likeness (QED) is 0.0779. The van der Waals surface area contributed by atoms with Crippen molar-refractivity contribution in [3.8, 4) is 5.75 Å². The molecule has 5 atom stereocenters. The highest BCUT2D eigenvalue weighted by Crippen LogP contribution is 2.12. The number of carbonyl (C=O) groups is 6. The largest absolute Gasteiger partial charge is 0.508 e. The van der Waals surface area contributed by atoms with Gasteiger partial charge in [-0.1, -0.05) is 56.3 Å². The second-order valence-corrected chi connectivity index (χ2v) is 12.6. The number of carbonyl (C=O) groups excluding carboxylic acids is 5. The summed E-state index contributed by atoms with van der Waals surface area (Å²) < 4.78 is 0. The number of phenolic OH excluding ortho intramolecular Hbond substituents is 1. The van der Waals surface area contributed by atoms with Gasteiger partial charge in [-0.2, -0.15) is 0 Å². The molecular formula is C35H51N7O8. The number of aromatic hydroxyl groups is 1. The molecule has 274 valence electrons. The molecule has 0 heterocycles. The molecule has 11 N–H and O–H groups in total. The van der Waals surface area contributed by atoms with Gasteiger partial charge in [-0.25, -0.2) is 4.79 Å². The molecule has 2 rings (SSSR count). The average molecular weight is 698 g/mol. The van der Waals surface area contributed by atoms with Crippen LogP contribution in [-0.2, 0) is 41.6 Å². The molecule has 0 bridgehead atoms. The van der Waals surface area contributed by atoms with Crippen molar-refractivity contribution in [1.82, 2.24) is 26.6 Å². The molecule has 0 spiro atoms. The van der Waals surface area contributed by atoms with Gasteiger partial charge >= 0.3 is 5.97 Å². The number of amides is 5. The third-order valence-electron chi connectivity index (χ3n) is 7.74. The minimum absolute atomic E-state index is 0.0474. The molecule has 2 aromatic rings. The fourth-order valence-corrected chi connectivity index (χ4v) is 4.99. The summed E-state index contributed by atoms with van der Waals surface area (Å²) in [6, 6.07) is 9.66. The Balaban J connectivity index is 2.05. The molecule has 0 aromatic heterocycles. The van der Waals surface area contributed by atoms with Crippen LogP contribution in [0.3, 0.4) is 0 Å². The molecule has 2 aromatic carbocycles. The van der Waals surface area contributed by atoms with Crippen LogP contribution in [0, 0.1) is 5.92 Å². The van der Waals surface area contributed by atoms with Crippen LogP contribution < -0.4 is 38.1 Å². The zero-order valence-electron chi connectivity index (χ0n) is 28.8. The van der Waals surface area contributed by atoms with E-state index in [0.717, 1.165) is 0 Å². The normalized spacial score (nSPS) is 14.0. The minimum Gasteiger partial charge on any atom is -0.508 e. The lowest BCUT2D eigenvalue weighted by Gasteiger charge is -2.26.